The fourth-order valence-electron chi connectivity index (χ4n) is 1.17. The molecule has 3 heteroatoms. The summed E-state index contributed by atoms with van der Waals surface area (Å²) < 4.78 is 0. The van der Waals surface area contributed by atoms with E-state index in [0.717, 1.165) is 25.0 Å². The van der Waals surface area contributed by atoms with E-state index in [0.29, 0.717) is 6.54 Å². The molecule has 0 saturated carbocycles. The van der Waals surface area contributed by atoms with Crippen LogP contribution in [0.4, 0.5) is 0 Å². The highest BCUT2D eigenvalue weighted by atomic mass is 32.2. The van der Waals surface area contributed by atoms with Crippen LogP contribution in [0.2, 0.25) is 0 Å². The molecule has 1 atom stereocenters. The van der Waals surface area contributed by atoms with E-state index in [1.807, 2.05) is 18.7 Å². The predicted molar refractivity (Wildman–Crippen MR) is 61.1 cm³/mol. The minimum absolute atomic E-state index is 0.391. The van der Waals surface area contributed by atoms with Crippen molar-refractivity contribution in [2.24, 2.45) is 5.73 Å². The molecule has 0 aromatic heterocycles. The Labute approximate surface area is 86.3 Å². The van der Waals surface area contributed by atoms with Gasteiger partial charge in [0, 0.05) is 6.54 Å². The van der Waals surface area contributed by atoms with E-state index in [-0.39, 0.29) is 0 Å². The van der Waals surface area contributed by atoms with Gasteiger partial charge >= 0.3 is 0 Å². The van der Waals surface area contributed by atoms with Gasteiger partial charge in [0.15, 0.2) is 0 Å². The van der Waals surface area contributed by atoms with Crippen LogP contribution in [-0.2, 0) is 0 Å². The molecule has 0 aromatic rings. The Balaban J connectivity index is 3.39. The van der Waals surface area contributed by atoms with Crippen LogP contribution in [0.1, 0.15) is 39.5 Å². The maximum absolute atomic E-state index is 9.85. The minimum atomic E-state index is -0.604. The quantitative estimate of drug-likeness (QED) is 0.596. The lowest BCUT2D eigenvalue weighted by Crippen LogP contribution is -2.36. The molecule has 0 aliphatic carbocycles. The van der Waals surface area contributed by atoms with E-state index < -0.39 is 5.60 Å². The van der Waals surface area contributed by atoms with Crippen LogP contribution < -0.4 is 5.73 Å². The Bertz CT molecular complexity index is 115. The van der Waals surface area contributed by atoms with Crippen LogP contribution in [-0.4, -0.2) is 28.8 Å². The zero-order valence-electron chi connectivity index (χ0n) is 8.88. The highest BCUT2D eigenvalue weighted by Crippen LogP contribution is 2.17. The minimum Gasteiger partial charge on any atom is -0.389 e. The smallest absolute Gasteiger partial charge is 0.0767 e. The lowest BCUT2D eigenvalue weighted by molar-refractivity contribution is 0.0360. The molecule has 1 unspecified atom stereocenters. The van der Waals surface area contributed by atoms with Gasteiger partial charge in [0.2, 0.25) is 0 Å². The highest BCUT2D eigenvalue weighted by Gasteiger charge is 2.21. The predicted octanol–water partition coefficient (Wildman–Crippen LogP) is 2.01. The summed E-state index contributed by atoms with van der Waals surface area (Å²) >= 11 is 1.96. The fraction of sp³-hybridized carbons (Fsp3) is 1.00. The topological polar surface area (TPSA) is 46.2 Å². The maximum Gasteiger partial charge on any atom is 0.0767 e. The zero-order valence-corrected chi connectivity index (χ0v) is 9.70. The van der Waals surface area contributed by atoms with Crippen molar-refractivity contribution >= 4 is 11.8 Å². The van der Waals surface area contributed by atoms with Crippen molar-refractivity contribution in [2.75, 3.05) is 18.1 Å². The first-order chi connectivity index (χ1) is 6.18. The molecule has 0 amide bonds. The molecule has 2 nitrogen and oxygen atoms in total. The molecule has 13 heavy (non-hydrogen) atoms. The molecule has 0 fully saturated rings. The second-order valence-electron chi connectivity index (χ2n) is 3.50. The lowest BCUT2D eigenvalue weighted by atomic mass is 9.95. The summed E-state index contributed by atoms with van der Waals surface area (Å²) in [6, 6.07) is 0. The van der Waals surface area contributed by atoms with E-state index in [1.165, 1.54) is 12.2 Å². The lowest BCUT2D eigenvalue weighted by Gasteiger charge is -2.24. The fourth-order valence-corrected chi connectivity index (χ4v) is 2.01. The number of hydrogen-bond donors (Lipinski definition) is 2. The molecule has 0 saturated heterocycles. The molecule has 0 rings (SSSR count). The maximum atomic E-state index is 9.85. The molecule has 0 aromatic carbocycles. The SMILES string of the molecule is CCCSCCCC(O)(CC)CN. The number of aliphatic hydroxyl groups is 1. The van der Waals surface area contributed by atoms with E-state index in [9.17, 15) is 5.11 Å². The van der Waals surface area contributed by atoms with Gasteiger partial charge in [-0.15, -0.1) is 0 Å². The summed E-state index contributed by atoms with van der Waals surface area (Å²) in [6.07, 6.45) is 3.92. The van der Waals surface area contributed by atoms with Gasteiger partial charge in [0.25, 0.3) is 0 Å². The molecule has 0 aliphatic heterocycles. The first-order valence-corrected chi connectivity index (χ1v) is 6.34. The molecular weight excluding hydrogens is 182 g/mol. The van der Waals surface area contributed by atoms with E-state index in [1.54, 1.807) is 0 Å². The number of thioether (sulfide) groups is 1. The first kappa shape index (κ1) is 13.3. The van der Waals surface area contributed by atoms with Gasteiger partial charge in [-0.05, 0) is 37.2 Å². The van der Waals surface area contributed by atoms with E-state index in [2.05, 4.69) is 6.92 Å². The van der Waals surface area contributed by atoms with E-state index in [4.69, 9.17) is 5.73 Å². The Kier molecular flexibility index (Phi) is 7.81. The number of rotatable bonds is 8. The van der Waals surface area contributed by atoms with Crippen molar-refractivity contribution in [3.63, 3.8) is 0 Å². The standard InChI is InChI=1S/C10H23NOS/c1-3-7-13-8-5-6-10(12,4-2)9-11/h12H,3-9,11H2,1-2H3. The van der Waals surface area contributed by atoms with Gasteiger partial charge in [-0.1, -0.05) is 13.8 Å². The van der Waals surface area contributed by atoms with Crippen LogP contribution in [0.15, 0.2) is 0 Å². The third-order valence-electron chi connectivity index (χ3n) is 2.32. The molecule has 0 spiro atoms. The van der Waals surface area contributed by atoms with Crippen LogP contribution in [0.25, 0.3) is 0 Å². The van der Waals surface area contributed by atoms with Gasteiger partial charge < -0.3 is 10.8 Å². The van der Waals surface area contributed by atoms with Gasteiger partial charge in [0.1, 0.15) is 0 Å². The van der Waals surface area contributed by atoms with Crippen LogP contribution in [0, 0.1) is 0 Å². The van der Waals surface area contributed by atoms with Crippen molar-refractivity contribution in [3.05, 3.63) is 0 Å². The van der Waals surface area contributed by atoms with Gasteiger partial charge in [0.05, 0.1) is 5.60 Å². The Morgan fingerprint density at radius 2 is 2.00 bits per heavy atom. The number of nitrogens with two attached hydrogens (primary N) is 1. The Morgan fingerprint density at radius 1 is 1.31 bits per heavy atom. The third kappa shape index (κ3) is 6.36. The van der Waals surface area contributed by atoms with Crippen molar-refractivity contribution in [1.29, 1.82) is 0 Å². The molecule has 0 bridgehead atoms. The summed E-state index contributed by atoms with van der Waals surface area (Å²) in [6.45, 7) is 4.57. The Hall–Kier alpha value is 0.270. The van der Waals surface area contributed by atoms with Gasteiger partial charge in [-0.2, -0.15) is 11.8 Å². The van der Waals surface area contributed by atoms with Crippen LogP contribution >= 0.6 is 11.8 Å². The second kappa shape index (κ2) is 7.65. The van der Waals surface area contributed by atoms with Crippen LogP contribution in [0.5, 0.6) is 0 Å². The van der Waals surface area contributed by atoms with Gasteiger partial charge in [-0.3, -0.25) is 0 Å². The highest BCUT2D eigenvalue weighted by molar-refractivity contribution is 7.99. The number of hydrogen-bond acceptors (Lipinski definition) is 3. The normalized spacial score (nSPS) is 15.7. The van der Waals surface area contributed by atoms with Crippen molar-refractivity contribution in [2.45, 2.75) is 45.1 Å². The molecule has 0 radical (unpaired) electrons. The summed E-state index contributed by atoms with van der Waals surface area (Å²) in [5.74, 6) is 2.38. The Morgan fingerprint density at radius 3 is 2.46 bits per heavy atom. The van der Waals surface area contributed by atoms with Gasteiger partial charge in [-0.25, -0.2) is 0 Å². The summed E-state index contributed by atoms with van der Waals surface area (Å²) in [4.78, 5) is 0. The zero-order chi connectivity index (χ0) is 10.2. The summed E-state index contributed by atoms with van der Waals surface area (Å²) in [7, 11) is 0. The van der Waals surface area contributed by atoms with Crippen LogP contribution in [0.3, 0.4) is 0 Å². The molecule has 3 N–H and O–H groups in total. The average molecular weight is 205 g/mol. The third-order valence-corrected chi connectivity index (χ3v) is 3.59. The monoisotopic (exact) mass is 205 g/mol. The second-order valence-corrected chi connectivity index (χ2v) is 4.72. The van der Waals surface area contributed by atoms with Crippen molar-refractivity contribution in [3.8, 4) is 0 Å². The van der Waals surface area contributed by atoms with Crippen molar-refractivity contribution in [1.82, 2.24) is 0 Å². The molecule has 80 valence electrons. The van der Waals surface area contributed by atoms with E-state index >= 15 is 0 Å². The summed E-state index contributed by atoms with van der Waals surface area (Å²) in [5.41, 5.74) is 4.90. The molecular formula is C10H23NOS. The average Bonchev–Trinajstić information content (AvgIpc) is 2.17. The molecule has 0 heterocycles. The van der Waals surface area contributed by atoms with Crippen molar-refractivity contribution < 1.29 is 5.11 Å². The largest absolute Gasteiger partial charge is 0.389 e. The summed E-state index contributed by atoms with van der Waals surface area (Å²) in [5, 5.41) is 9.85. The molecule has 0 aliphatic rings. The first-order valence-electron chi connectivity index (χ1n) is 5.18.